The van der Waals surface area contributed by atoms with Crippen LogP contribution in [0.2, 0.25) is 0 Å². The Labute approximate surface area is 168 Å². The molecule has 3 unspecified atom stereocenters. The predicted molar refractivity (Wildman–Crippen MR) is 110 cm³/mol. The largest absolute Gasteiger partial charge is 0.350 e. The molecule has 2 saturated carbocycles. The van der Waals surface area contributed by atoms with Gasteiger partial charge in [0, 0.05) is 36.7 Å². The average molecular weight is 384 g/mol. The molecular formula is C23H33N3O2. The molecule has 3 fully saturated rings. The summed E-state index contributed by atoms with van der Waals surface area (Å²) in [6, 6.07) is 9.70. The van der Waals surface area contributed by atoms with Crippen molar-refractivity contribution in [3.05, 3.63) is 35.9 Å². The van der Waals surface area contributed by atoms with Crippen LogP contribution in [0.1, 0.15) is 61.7 Å². The summed E-state index contributed by atoms with van der Waals surface area (Å²) < 4.78 is 0. The fourth-order valence-corrected chi connectivity index (χ4v) is 5.63. The summed E-state index contributed by atoms with van der Waals surface area (Å²) >= 11 is 0. The molecule has 4 rings (SSSR count). The minimum absolute atomic E-state index is 0.0586. The van der Waals surface area contributed by atoms with Crippen molar-refractivity contribution < 1.29 is 9.59 Å². The molecular weight excluding hydrogens is 350 g/mol. The van der Waals surface area contributed by atoms with E-state index in [2.05, 4.69) is 10.2 Å². The van der Waals surface area contributed by atoms with Gasteiger partial charge in [0.2, 0.25) is 5.91 Å². The molecule has 1 aromatic rings. The van der Waals surface area contributed by atoms with E-state index >= 15 is 0 Å². The Morgan fingerprint density at radius 2 is 1.71 bits per heavy atom. The quantitative estimate of drug-likeness (QED) is 0.839. The van der Waals surface area contributed by atoms with E-state index < -0.39 is 0 Å². The molecule has 0 aromatic heterocycles. The van der Waals surface area contributed by atoms with Crippen molar-refractivity contribution in [1.82, 2.24) is 10.2 Å². The fourth-order valence-electron chi connectivity index (χ4n) is 5.63. The van der Waals surface area contributed by atoms with E-state index in [-0.39, 0.29) is 17.9 Å². The Morgan fingerprint density at radius 3 is 2.43 bits per heavy atom. The van der Waals surface area contributed by atoms with Gasteiger partial charge in [-0.3, -0.25) is 9.59 Å². The molecule has 3 N–H and O–H groups in total. The lowest BCUT2D eigenvalue weighted by Crippen LogP contribution is -2.54. The van der Waals surface area contributed by atoms with E-state index in [1.54, 1.807) is 0 Å². The van der Waals surface area contributed by atoms with Crippen molar-refractivity contribution >= 4 is 11.8 Å². The molecule has 28 heavy (non-hydrogen) atoms. The van der Waals surface area contributed by atoms with Crippen LogP contribution in [0.25, 0.3) is 0 Å². The fraction of sp³-hybridized carbons (Fsp3) is 0.652. The summed E-state index contributed by atoms with van der Waals surface area (Å²) in [5.74, 6) is 1.41. The number of benzene rings is 1. The standard InChI is InChI=1S/C23H33N3O2/c24-21-17-9-6-10-18(21)14-19(13-17)23(28)26-12-5-4-11-20(26)15-25-22(27)16-7-2-1-3-8-16/h1-3,7-8,17-21H,4-6,9-15,24H2,(H,25,27). The number of nitrogens with one attached hydrogen (secondary N) is 1. The summed E-state index contributed by atoms with van der Waals surface area (Å²) in [4.78, 5) is 27.9. The Morgan fingerprint density at radius 1 is 1.00 bits per heavy atom. The third-order valence-electron chi connectivity index (χ3n) is 7.21. The van der Waals surface area contributed by atoms with E-state index in [0.717, 1.165) is 38.6 Å². The van der Waals surface area contributed by atoms with Crippen LogP contribution < -0.4 is 11.1 Å². The molecule has 152 valence electrons. The summed E-state index contributed by atoms with van der Waals surface area (Å²) in [5, 5.41) is 3.05. The van der Waals surface area contributed by atoms with Gasteiger partial charge in [0.25, 0.3) is 5.91 Å². The molecule has 1 heterocycles. The highest BCUT2D eigenvalue weighted by Gasteiger charge is 2.42. The first-order valence-electron chi connectivity index (χ1n) is 11.0. The Bertz CT molecular complexity index is 678. The maximum atomic E-state index is 13.4. The van der Waals surface area contributed by atoms with E-state index in [1.807, 2.05) is 30.3 Å². The number of amides is 2. The lowest BCUT2D eigenvalue weighted by Gasteiger charge is -2.46. The number of carbonyl (C=O) groups excluding carboxylic acids is 2. The highest BCUT2D eigenvalue weighted by Crippen LogP contribution is 2.42. The van der Waals surface area contributed by atoms with Gasteiger partial charge in [-0.05, 0) is 68.9 Å². The van der Waals surface area contributed by atoms with Gasteiger partial charge in [0.05, 0.1) is 0 Å². The maximum Gasteiger partial charge on any atom is 0.251 e. The molecule has 0 spiro atoms. The van der Waals surface area contributed by atoms with Crippen LogP contribution in [0.4, 0.5) is 0 Å². The van der Waals surface area contributed by atoms with Crippen LogP contribution in [0.3, 0.4) is 0 Å². The van der Waals surface area contributed by atoms with Crippen molar-refractivity contribution in [3.8, 4) is 0 Å². The van der Waals surface area contributed by atoms with Gasteiger partial charge in [-0.25, -0.2) is 0 Å². The molecule has 0 radical (unpaired) electrons. The lowest BCUT2D eigenvalue weighted by atomic mass is 9.64. The second-order valence-electron chi connectivity index (χ2n) is 8.95. The monoisotopic (exact) mass is 383 g/mol. The second-order valence-corrected chi connectivity index (χ2v) is 8.95. The van der Waals surface area contributed by atoms with Crippen LogP contribution in [-0.4, -0.2) is 41.9 Å². The van der Waals surface area contributed by atoms with Crippen molar-refractivity contribution in [2.24, 2.45) is 23.5 Å². The molecule has 2 bridgehead atoms. The summed E-state index contributed by atoms with van der Waals surface area (Å²) in [6.07, 6.45) is 8.69. The van der Waals surface area contributed by atoms with E-state index in [1.165, 1.54) is 19.3 Å². The first-order chi connectivity index (χ1) is 13.6. The van der Waals surface area contributed by atoms with Gasteiger partial charge in [-0.15, -0.1) is 0 Å². The van der Waals surface area contributed by atoms with Gasteiger partial charge < -0.3 is 16.0 Å². The van der Waals surface area contributed by atoms with Crippen molar-refractivity contribution in [1.29, 1.82) is 0 Å². The molecule has 1 saturated heterocycles. The summed E-state index contributed by atoms with van der Waals surface area (Å²) in [5.41, 5.74) is 7.09. The Kier molecular flexibility index (Phi) is 6.00. The number of nitrogens with two attached hydrogens (primary N) is 1. The first-order valence-corrected chi connectivity index (χ1v) is 11.0. The number of hydrogen-bond acceptors (Lipinski definition) is 3. The third kappa shape index (κ3) is 4.09. The van der Waals surface area contributed by atoms with Gasteiger partial charge in [-0.1, -0.05) is 24.6 Å². The highest BCUT2D eigenvalue weighted by atomic mass is 16.2. The number of nitrogens with zero attached hydrogens (tertiary/aromatic N) is 1. The smallest absolute Gasteiger partial charge is 0.251 e. The van der Waals surface area contributed by atoms with E-state index in [0.29, 0.717) is 35.9 Å². The zero-order chi connectivity index (χ0) is 19.5. The maximum absolute atomic E-state index is 13.4. The van der Waals surface area contributed by atoms with Crippen LogP contribution in [0.15, 0.2) is 30.3 Å². The Hall–Kier alpha value is -1.88. The molecule has 1 aliphatic heterocycles. The van der Waals surface area contributed by atoms with Gasteiger partial charge >= 0.3 is 0 Å². The molecule has 3 aliphatic rings. The minimum Gasteiger partial charge on any atom is -0.350 e. The normalized spacial score (nSPS) is 32.6. The minimum atomic E-state index is -0.0586. The van der Waals surface area contributed by atoms with E-state index in [4.69, 9.17) is 5.73 Å². The molecule has 2 amide bonds. The predicted octanol–water partition coefficient (Wildman–Crippen LogP) is 2.95. The molecule has 5 nitrogen and oxygen atoms in total. The van der Waals surface area contributed by atoms with Crippen LogP contribution >= 0.6 is 0 Å². The van der Waals surface area contributed by atoms with E-state index in [9.17, 15) is 9.59 Å². The van der Waals surface area contributed by atoms with Crippen molar-refractivity contribution in [2.75, 3.05) is 13.1 Å². The molecule has 1 aromatic carbocycles. The van der Waals surface area contributed by atoms with Crippen LogP contribution in [0.5, 0.6) is 0 Å². The molecule has 3 atom stereocenters. The third-order valence-corrected chi connectivity index (χ3v) is 7.21. The number of fused-ring (bicyclic) bond motifs is 2. The number of likely N-dealkylation sites (tertiary alicyclic amines) is 1. The van der Waals surface area contributed by atoms with Crippen molar-refractivity contribution in [3.63, 3.8) is 0 Å². The molecule has 5 heteroatoms. The second kappa shape index (κ2) is 8.64. The molecule has 2 aliphatic carbocycles. The number of hydrogen-bond donors (Lipinski definition) is 2. The van der Waals surface area contributed by atoms with Gasteiger partial charge in [-0.2, -0.15) is 0 Å². The SMILES string of the molecule is NC1C2CCCC1CC(C(=O)N1CCCCC1CNC(=O)c1ccccc1)C2. The highest BCUT2D eigenvalue weighted by molar-refractivity contribution is 5.94. The first kappa shape index (κ1) is 19.4. The Balaban J connectivity index is 1.38. The van der Waals surface area contributed by atoms with Gasteiger partial charge in [0.1, 0.15) is 0 Å². The number of carbonyl (C=O) groups is 2. The van der Waals surface area contributed by atoms with Gasteiger partial charge in [0.15, 0.2) is 0 Å². The number of rotatable bonds is 4. The zero-order valence-corrected chi connectivity index (χ0v) is 16.7. The lowest BCUT2D eigenvalue weighted by molar-refractivity contribution is -0.142. The topological polar surface area (TPSA) is 75.4 Å². The average Bonchev–Trinajstić information content (AvgIpc) is 2.72. The number of piperidine rings is 1. The van der Waals surface area contributed by atoms with Crippen LogP contribution in [-0.2, 0) is 4.79 Å². The zero-order valence-electron chi connectivity index (χ0n) is 16.7. The van der Waals surface area contributed by atoms with Crippen molar-refractivity contribution in [2.45, 2.75) is 63.5 Å². The summed E-state index contributed by atoms with van der Waals surface area (Å²) in [6.45, 7) is 1.36. The van der Waals surface area contributed by atoms with Crippen LogP contribution in [0, 0.1) is 17.8 Å². The summed E-state index contributed by atoms with van der Waals surface area (Å²) in [7, 11) is 0.